The summed E-state index contributed by atoms with van der Waals surface area (Å²) in [5.41, 5.74) is 2.40. The van der Waals surface area contributed by atoms with Crippen molar-refractivity contribution in [3.8, 4) is 0 Å². The van der Waals surface area contributed by atoms with Crippen molar-refractivity contribution in [2.75, 3.05) is 13.1 Å². The van der Waals surface area contributed by atoms with E-state index in [1.54, 1.807) is 36.4 Å². The molecule has 3 aromatic carbocycles. The van der Waals surface area contributed by atoms with Gasteiger partial charge in [0.1, 0.15) is 17.4 Å². The van der Waals surface area contributed by atoms with Gasteiger partial charge in [0, 0.05) is 50.0 Å². The van der Waals surface area contributed by atoms with E-state index in [0.717, 1.165) is 16.7 Å². The highest BCUT2D eigenvalue weighted by molar-refractivity contribution is 5.83. The van der Waals surface area contributed by atoms with E-state index >= 15 is 0 Å². The molecule has 0 aliphatic carbocycles. The van der Waals surface area contributed by atoms with Crippen molar-refractivity contribution in [2.24, 2.45) is 5.92 Å². The number of non-ortho nitro benzene ring substituents is 1. The van der Waals surface area contributed by atoms with Crippen molar-refractivity contribution in [2.45, 2.75) is 18.9 Å². The third-order valence-electron chi connectivity index (χ3n) is 5.93. The van der Waals surface area contributed by atoms with Crippen molar-refractivity contribution >= 4 is 11.5 Å². The summed E-state index contributed by atoms with van der Waals surface area (Å²) in [5.74, 6) is -1.39. The smallest absolute Gasteiger partial charge is 0.269 e. The van der Waals surface area contributed by atoms with Crippen molar-refractivity contribution in [1.82, 2.24) is 4.90 Å². The maximum Gasteiger partial charge on any atom is 0.269 e. The van der Waals surface area contributed by atoms with Crippen LogP contribution in [0, 0.1) is 27.7 Å². The van der Waals surface area contributed by atoms with Crippen LogP contribution in [0.4, 0.5) is 14.5 Å². The monoisotopic (exact) mass is 436 g/mol. The number of likely N-dealkylation sites (tertiary alicyclic amines) is 1. The highest BCUT2D eigenvalue weighted by Gasteiger charge is 2.35. The number of hydrogen-bond acceptors (Lipinski definition) is 4. The number of benzene rings is 3. The number of nitro benzene ring substituents is 1. The summed E-state index contributed by atoms with van der Waals surface area (Å²) < 4.78 is 27.1. The normalized spacial score (nSPS) is 17.0. The molecule has 1 heterocycles. The van der Waals surface area contributed by atoms with Gasteiger partial charge in [-0.25, -0.2) is 8.78 Å². The number of Topliss-reactive ketones (excluding diaryl/α,β-unsaturated/α-hetero) is 1. The van der Waals surface area contributed by atoms with Gasteiger partial charge in [0.15, 0.2) is 0 Å². The summed E-state index contributed by atoms with van der Waals surface area (Å²) in [6, 6.07) is 18.6. The van der Waals surface area contributed by atoms with E-state index in [4.69, 9.17) is 0 Å². The van der Waals surface area contributed by atoms with Crippen molar-refractivity contribution in [1.29, 1.82) is 0 Å². The lowest BCUT2D eigenvalue weighted by Crippen LogP contribution is -2.43. The Morgan fingerprint density at radius 3 is 2.12 bits per heavy atom. The second-order valence-electron chi connectivity index (χ2n) is 8.07. The Labute approximate surface area is 184 Å². The minimum Gasteiger partial charge on any atom is -0.299 e. The number of carbonyl (C=O) groups is 1. The summed E-state index contributed by atoms with van der Waals surface area (Å²) in [4.78, 5) is 25.8. The molecule has 32 heavy (non-hydrogen) atoms. The molecule has 164 valence electrons. The molecule has 0 spiro atoms. The van der Waals surface area contributed by atoms with E-state index in [-0.39, 0.29) is 29.0 Å². The molecule has 7 heteroatoms. The minimum absolute atomic E-state index is 0.0302. The minimum atomic E-state index is -0.425. The summed E-state index contributed by atoms with van der Waals surface area (Å²) in [6.45, 7) is 1.48. The van der Waals surface area contributed by atoms with Gasteiger partial charge in [0.05, 0.1) is 4.92 Å². The number of rotatable bonds is 6. The molecule has 1 aliphatic rings. The molecule has 1 unspecified atom stereocenters. The topological polar surface area (TPSA) is 63.5 Å². The molecule has 1 atom stereocenters. The maximum absolute atomic E-state index is 13.5. The fraction of sp³-hybridized carbons (Fsp3) is 0.240. The van der Waals surface area contributed by atoms with Gasteiger partial charge in [-0.15, -0.1) is 0 Å². The first-order chi connectivity index (χ1) is 15.4. The van der Waals surface area contributed by atoms with Crippen LogP contribution in [0.3, 0.4) is 0 Å². The van der Waals surface area contributed by atoms with E-state index in [2.05, 4.69) is 4.90 Å². The van der Waals surface area contributed by atoms with E-state index in [0.29, 0.717) is 26.1 Å². The van der Waals surface area contributed by atoms with E-state index in [1.807, 2.05) is 6.07 Å². The van der Waals surface area contributed by atoms with Crippen molar-refractivity contribution in [3.05, 3.63) is 111 Å². The average molecular weight is 436 g/mol. The van der Waals surface area contributed by atoms with Crippen LogP contribution in [-0.4, -0.2) is 28.7 Å². The van der Waals surface area contributed by atoms with Crippen LogP contribution in [0.1, 0.15) is 29.0 Å². The molecule has 0 radical (unpaired) electrons. The molecule has 1 fully saturated rings. The van der Waals surface area contributed by atoms with Crippen LogP contribution < -0.4 is 0 Å². The van der Waals surface area contributed by atoms with E-state index in [9.17, 15) is 23.7 Å². The van der Waals surface area contributed by atoms with Gasteiger partial charge in [0.2, 0.25) is 0 Å². The van der Waals surface area contributed by atoms with Crippen molar-refractivity contribution in [3.63, 3.8) is 0 Å². The van der Waals surface area contributed by atoms with Gasteiger partial charge in [-0.1, -0.05) is 36.4 Å². The predicted octanol–water partition coefficient (Wildman–Crippen LogP) is 5.10. The Morgan fingerprint density at radius 1 is 0.969 bits per heavy atom. The fourth-order valence-corrected chi connectivity index (χ4v) is 4.38. The Hall–Kier alpha value is -3.45. The lowest BCUT2D eigenvalue weighted by Gasteiger charge is -2.36. The Kier molecular flexibility index (Phi) is 6.37. The second kappa shape index (κ2) is 9.36. The molecule has 0 aromatic heterocycles. The van der Waals surface area contributed by atoms with Gasteiger partial charge >= 0.3 is 0 Å². The molecule has 5 nitrogen and oxygen atoms in total. The molecular weight excluding hydrogens is 414 g/mol. The van der Waals surface area contributed by atoms with Crippen LogP contribution in [0.25, 0.3) is 0 Å². The number of hydrogen-bond donors (Lipinski definition) is 0. The molecule has 1 aliphatic heterocycles. The third kappa shape index (κ3) is 4.89. The zero-order chi connectivity index (χ0) is 22.7. The van der Waals surface area contributed by atoms with Crippen LogP contribution in [0.2, 0.25) is 0 Å². The van der Waals surface area contributed by atoms with E-state index in [1.165, 1.54) is 30.3 Å². The molecule has 0 bridgehead atoms. The highest BCUT2D eigenvalue weighted by atomic mass is 19.1. The van der Waals surface area contributed by atoms with Crippen LogP contribution in [0.15, 0.2) is 72.8 Å². The third-order valence-corrected chi connectivity index (χ3v) is 5.93. The zero-order valence-corrected chi connectivity index (χ0v) is 17.3. The number of nitrogens with zero attached hydrogens (tertiary/aromatic N) is 2. The summed E-state index contributed by atoms with van der Waals surface area (Å²) in [7, 11) is 0. The molecular formula is C25H22F2N2O3. The lowest BCUT2D eigenvalue weighted by molar-refractivity contribution is -0.384. The van der Waals surface area contributed by atoms with Gasteiger partial charge in [-0.2, -0.15) is 0 Å². The first-order valence-electron chi connectivity index (χ1n) is 10.4. The number of ketones is 1. The Bertz CT molecular complexity index is 1070. The fourth-order valence-electron chi connectivity index (χ4n) is 4.38. The number of halogens is 2. The quantitative estimate of drug-likeness (QED) is 0.399. The van der Waals surface area contributed by atoms with Gasteiger partial charge in [0.25, 0.3) is 5.69 Å². The molecule has 0 saturated carbocycles. The van der Waals surface area contributed by atoms with Gasteiger partial charge < -0.3 is 0 Å². The molecule has 0 N–H and O–H groups in total. The second-order valence-corrected chi connectivity index (χ2v) is 8.07. The molecule has 3 aromatic rings. The average Bonchev–Trinajstić information content (AvgIpc) is 2.79. The standard InChI is InChI=1S/C25H22F2N2O3/c26-20-8-4-18(5-9-20)25(19-6-10-21(27)11-7-19)23-16-28(13-12-24(23)30)15-17-2-1-3-22(14-17)29(31)32/h1-11,14,23,25H,12-13,15-16H2. The van der Waals surface area contributed by atoms with Crippen LogP contribution >= 0.6 is 0 Å². The van der Waals surface area contributed by atoms with Crippen LogP contribution in [0.5, 0.6) is 0 Å². The zero-order valence-electron chi connectivity index (χ0n) is 17.3. The first-order valence-corrected chi connectivity index (χ1v) is 10.4. The van der Waals surface area contributed by atoms with Crippen molar-refractivity contribution < 1.29 is 18.5 Å². The molecule has 4 rings (SSSR count). The first kappa shape index (κ1) is 21.8. The Morgan fingerprint density at radius 2 is 1.56 bits per heavy atom. The largest absolute Gasteiger partial charge is 0.299 e. The summed E-state index contributed by atoms with van der Waals surface area (Å²) in [6.07, 6.45) is 0.346. The Balaban J connectivity index is 1.63. The summed E-state index contributed by atoms with van der Waals surface area (Å²) >= 11 is 0. The maximum atomic E-state index is 13.5. The molecule has 0 amide bonds. The lowest BCUT2D eigenvalue weighted by atomic mass is 9.76. The van der Waals surface area contributed by atoms with Gasteiger partial charge in [-0.3, -0.25) is 19.8 Å². The number of carbonyl (C=O) groups excluding carboxylic acids is 1. The number of piperidine rings is 1. The SMILES string of the molecule is O=C1CCN(Cc2cccc([N+](=O)[O-])c2)CC1C(c1ccc(F)cc1)c1ccc(F)cc1. The highest BCUT2D eigenvalue weighted by Crippen LogP contribution is 2.36. The molecule has 1 saturated heterocycles. The number of nitro groups is 1. The predicted molar refractivity (Wildman–Crippen MR) is 116 cm³/mol. The van der Waals surface area contributed by atoms with Gasteiger partial charge in [-0.05, 0) is 41.0 Å². The summed E-state index contributed by atoms with van der Waals surface area (Å²) in [5, 5.41) is 11.1. The van der Waals surface area contributed by atoms with E-state index < -0.39 is 10.8 Å². The van der Waals surface area contributed by atoms with Crippen LogP contribution in [-0.2, 0) is 11.3 Å².